The van der Waals surface area contributed by atoms with Crippen LogP contribution < -0.4 is 15.0 Å². The average molecular weight is 939 g/mol. The summed E-state index contributed by atoms with van der Waals surface area (Å²) in [4.78, 5) is 73.8. The maximum atomic E-state index is 17.3. The van der Waals surface area contributed by atoms with Crippen molar-refractivity contribution in [3.63, 3.8) is 0 Å². The van der Waals surface area contributed by atoms with Gasteiger partial charge in [-0.3, -0.25) is 39.3 Å². The molecule has 1 unspecified atom stereocenters. The number of benzene rings is 3. The summed E-state index contributed by atoms with van der Waals surface area (Å²) in [5, 5.41) is 4.26. The quantitative estimate of drug-likeness (QED) is 0.135. The Morgan fingerprint density at radius 3 is 2.32 bits per heavy atom. The molecule has 4 saturated heterocycles. The lowest BCUT2D eigenvalue weighted by atomic mass is 9.86. The molecular weight excluding hydrogens is 883 g/mol. The zero-order valence-electron chi connectivity index (χ0n) is 39.2. The predicted molar refractivity (Wildman–Crippen MR) is 253 cm³/mol. The number of aromatic nitrogens is 3. The number of amides is 4. The molecule has 1 N–H and O–H groups in total. The molecule has 1 spiro atoms. The number of anilines is 1. The van der Waals surface area contributed by atoms with Crippen molar-refractivity contribution in [2.75, 3.05) is 57.4 Å². The van der Waals surface area contributed by atoms with E-state index in [2.05, 4.69) is 20.0 Å². The molecule has 358 valence electrons. The van der Waals surface area contributed by atoms with E-state index in [-0.39, 0.29) is 46.9 Å². The highest BCUT2D eigenvalue weighted by atomic mass is 19.1. The second-order valence-electron chi connectivity index (χ2n) is 20.9. The van der Waals surface area contributed by atoms with Crippen LogP contribution in [0, 0.1) is 29.9 Å². The Hall–Kier alpha value is -5.97. The number of imide groups is 2. The van der Waals surface area contributed by atoms with E-state index in [1.165, 1.54) is 6.07 Å². The lowest BCUT2D eigenvalue weighted by Gasteiger charge is -2.48. The molecule has 2 aromatic heterocycles. The third kappa shape index (κ3) is 7.82. The highest BCUT2D eigenvalue weighted by molar-refractivity contribution is 6.23. The summed E-state index contributed by atoms with van der Waals surface area (Å²) in [5.74, 6) is -1.76. The molecule has 2 atom stereocenters. The summed E-state index contributed by atoms with van der Waals surface area (Å²) < 4.78 is 45.2. The molecular formula is C53H56F2N8O6. The van der Waals surface area contributed by atoms with Gasteiger partial charge in [0.15, 0.2) is 5.82 Å². The Morgan fingerprint density at radius 2 is 1.64 bits per heavy atom. The highest BCUT2D eigenvalue weighted by Gasteiger charge is 2.48. The SMILES string of the molecule is CCc1c(F)ccc2cc(C)cc(-c3ncc4c(N5CCC[C@]6(CCO6)C5)nc(OCC5(CN6CCC(CN7Cc8cc9c(cc8C7)C(=O)N(C7CCC(=O)NC7=O)C9=O)CC6)CC5)nc4c3F)c12. The number of pyridine rings is 1. The predicted octanol–water partition coefficient (Wildman–Crippen LogP) is 7.04. The maximum Gasteiger partial charge on any atom is 0.319 e. The molecule has 5 fully saturated rings. The largest absolute Gasteiger partial charge is 0.463 e. The first kappa shape index (κ1) is 44.3. The van der Waals surface area contributed by atoms with Gasteiger partial charge in [-0.2, -0.15) is 9.97 Å². The van der Waals surface area contributed by atoms with E-state index < -0.39 is 35.5 Å². The standard InChI is InChI=1S/C53H56F2N8O6/c1-3-35-40(54)6-5-32-19-30(2)20-38(43(32)35)45-44(55)46-39(23-56-45)47(62-15-4-11-53(28-62)14-18-69-53)59-51(58-46)68-29-52(12-13-52)27-60-16-9-31(10-17-60)24-61-25-33-21-36-37(22-34(33)26-61)50(67)63(49(36)66)41-7-8-42(64)57-48(41)65/h5-6,19-23,31,41H,3-4,7-18,24-29H2,1-2H3,(H,57,64,65)/t41?,53-/m0/s1. The zero-order valence-corrected chi connectivity index (χ0v) is 39.2. The minimum Gasteiger partial charge on any atom is -0.463 e. The summed E-state index contributed by atoms with van der Waals surface area (Å²) in [6.45, 7) is 11.5. The molecule has 0 radical (unpaired) electrons. The minimum atomic E-state index is -0.976. The van der Waals surface area contributed by atoms with Crippen molar-refractivity contribution in [2.24, 2.45) is 11.3 Å². The van der Waals surface area contributed by atoms with E-state index >= 15 is 8.78 Å². The topological polar surface area (TPSA) is 150 Å². The van der Waals surface area contributed by atoms with Gasteiger partial charge in [-0.05, 0) is 135 Å². The number of piperidine rings is 3. The van der Waals surface area contributed by atoms with Gasteiger partial charge in [0.25, 0.3) is 11.8 Å². The van der Waals surface area contributed by atoms with Crippen molar-refractivity contribution in [1.29, 1.82) is 0 Å². The van der Waals surface area contributed by atoms with Gasteiger partial charge < -0.3 is 19.3 Å². The number of hydrogen-bond acceptors (Lipinski definition) is 12. The van der Waals surface area contributed by atoms with Gasteiger partial charge in [-0.25, -0.2) is 8.78 Å². The first-order valence-electron chi connectivity index (χ1n) is 24.8. The second kappa shape index (κ2) is 16.9. The van der Waals surface area contributed by atoms with E-state index in [9.17, 15) is 19.2 Å². The molecule has 16 heteroatoms. The molecule has 0 bridgehead atoms. The third-order valence-electron chi connectivity index (χ3n) is 16.2. The summed E-state index contributed by atoms with van der Waals surface area (Å²) in [5.41, 5.74) is 4.68. The van der Waals surface area contributed by atoms with Crippen LogP contribution in [0.15, 0.2) is 42.6 Å². The van der Waals surface area contributed by atoms with Gasteiger partial charge in [0.1, 0.15) is 28.9 Å². The number of halogens is 2. The van der Waals surface area contributed by atoms with Crippen LogP contribution >= 0.6 is 0 Å². The van der Waals surface area contributed by atoms with E-state index in [1.807, 2.05) is 38.1 Å². The second-order valence-corrected chi connectivity index (χ2v) is 20.9. The van der Waals surface area contributed by atoms with Crippen LogP contribution in [0.2, 0.25) is 0 Å². The van der Waals surface area contributed by atoms with E-state index in [0.717, 1.165) is 111 Å². The number of carbonyl (C=O) groups is 4. The molecule has 6 aliphatic heterocycles. The molecule has 4 amide bonds. The first-order valence-corrected chi connectivity index (χ1v) is 24.8. The Kier molecular flexibility index (Phi) is 10.8. The first-order chi connectivity index (χ1) is 33.4. The number of fused-ring (bicyclic) bond motifs is 4. The lowest BCUT2D eigenvalue weighted by Crippen LogP contribution is -2.56. The van der Waals surface area contributed by atoms with E-state index in [1.54, 1.807) is 12.3 Å². The van der Waals surface area contributed by atoms with Crippen LogP contribution in [0.5, 0.6) is 6.01 Å². The Balaban J connectivity index is 0.723. The summed E-state index contributed by atoms with van der Waals surface area (Å²) >= 11 is 0. The van der Waals surface area contributed by atoms with Crippen molar-refractivity contribution in [3.05, 3.63) is 87.6 Å². The number of nitrogens with zero attached hydrogens (tertiary/aromatic N) is 7. The smallest absolute Gasteiger partial charge is 0.319 e. The summed E-state index contributed by atoms with van der Waals surface area (Å²) in [6, 6.07) is 9.92. The fraction of sp³-hybridized carbons (Fsp3) is 0.491. The number of carbonyl (C=O) groups excluding carboxylic acids is 4. The molecule has 12 rings (SSSR count). The van der Waals surface area contributed by atoms with Crippen LogP contribution in [-0.2, 0) is 33.8 Å². The maximum absolute atomic E-state index is 17.3. The van der Waals surface area contributed by atoms with Crippen LogP contribution in [0.25, 0.3) is 32.9 Å². The van der Waals surface area contributed by atoms with Gasteiger partial charge >= 0.3 is 6.01 Å². The van der Waals surface area contributed by atoms with Crippen LogP contribution in [0.1, 0.15) is 108 Å². The molecule has 5 aromatic rings. The normalized spacial score (nSPS) is 23.8. The van der Waals surface area contributed by atoms with Crippen LogP contribution in [0.3, 0.4) is 0 Å². The monoisotopic (exact) mass is 938 g/mol. The number of hydrogen-bond donors (Lipinski definition) is 1. The molecule has 1 saturated carbocycles. The lowest BCUT2D eigenvalue weighted by molar-refractivity contribution is -0.151. The molecule has 3 aromatic carbocycles. The number of ether oxygens (including phenoxy) is 2. The number of likely N-dealkylation sites (tertiary alicyclic amines) is 1. The number of nitrogens with one attached hydrogen (secondary N) is 1. The van der Waals surface area contributed by atoms with Crippen LogP contribution in [0.4, 0.5) is 14.6 Å². The Labute approximate surface area is 398 Å². The van der Waals surface area contributed by atoms with Crippen molar-refractivity contribution >= 4 is 51.1 Å². The average Bonchev–Trinajstić information content (AvgIpc) is 3.91. The van der Waals surface area contributed by atoms with Crippen molar-refractivity contribution in [1.82, 2.24) is 35.0 Å². The van der Waals surface area contributed by atoms with Crippen molar-refractivity contribution < 1.29 is 37.4 Å². The zero-order chi connectivity index (χ0) is 47.3. The van der Waals surface area contributed by atoms with Gasteiger partial charge in [0.2, 0.25) is 11.8 Å². The number of aryl methyl sites for hydroxylation is 2. The van der Waals surface area contributed by atoms with Crippen LogP contribution in [-0.4, -0.2) is 117 Å². The van der Waals surface area contributed by atoms with Gasteiger partial charge in [-0.1, -0.05) is 19.1 Å². The Morgan fingerprint density at radius 1 is 0.884 bits per heavy atom. The Bertz CT molecular complexity index is 2960. The fourth-order valence-corrected chi connectivity index (χ4v) is 12.2. The highest BCUT2D eigenvalue weighted by Crippen LogP contribution is 2.48. The van der Waals surface area contributed by atoms with Crippen molar-refractivity contribution in [2.45, 2.75) is 103 Å². The fourth-order valence-electron chi connectivity index (χ4n) is 12.2. The van der Waals surface area contributed by atoms with E-state index in [4.69, 9.17) is 24.4 Å². The minimum absolute atomic E-state index is 0.0526. The molecule has 14 nitrogen and oxygen atoms in total. The molecule has 69 heavy (non-hydrogen) atoms. The van der Waals surface area contributed by atoms with Gasteiger partial charge in [-0.15, -0.1) is 0 Å². The van der Waals surface area contributed by atoms with Crippen molar-refractivity contribution in [3.8, 4) is 17.3 Å². The van der Waals surface area contributed by atoms with Gasteiger partial charge in [0.05, 0.1) is 35.3 Å². The van der Waals surface area contributed by atoms with E-state index in [0.29, 0.717) is 77.4 Å². The molecule has 8 heterocycles. The third-order valence-corrected chi connectivity index (χ3v) is 16.2. The summed E-state index contributed by atoms with van der Waals surface area (Å²) in [7, 11) is 0. The van der Waals surface area contributed by atoms with Gasteiger partial charge in [0, 0.05) is 69.3 Å². The molecule has 1 aliphatic carbocycles. The number of rotatable bonds is 11. The summed E-state index contributed by atoms with van der Waals surface area (Å²) in [6.07, 6.45) is 9.33. The molecule has 7 aliphatic rings.